The van der Waals surface area contributed by atoms with Crippen molar-refractivity contribution in [3.8, 4) is 0 Å². The van der Waals surface area contributed by atoms with Gasteiger partial charge in [0, 0.05) is 30.6 Å². The van der Waals surface area contributed by atoms with Gasteiger partial charge in [-0.3, -0.25) is 4.79 Å². The lowest BCUT2D eigenvalue weighted by Gasteiger charge is -2.14. The standard InChI is InChI=1S/C16H24FN3O/c1-20(2)10-13-7-11(3-6-15(13)17)9-19-16(21)12-4-5-14(18)8-12/h3,6-7,12,14H,4-5,8-10,18H2,1-2H3,(H,19,21). The van der Waals surface area contributed by atoms with Gasteiger partial charge in [-0.05, 0) is 51.1 Å². The van der Waals surface area contributed by atoms with Crippen LogP contribution in [0, 0.1) is 11.7 Å². The molecular formula is C16H24FN3O. The average Bonchev–Trinajstić information content (AvgIpc) is 2.85. The minimum absolute atomic E-state index is 0.0293. The van der Waals surface area contributed by atoms with Crippen LogP contribution in [-0.4, -0.2) is 30.9 Å². The molecule has 1 saturated carbocycles. The van der Waals surface area contributed by atoms with Crippen molar-refractivity contribution >= 4 is 5.91 Å². The lowest BCUT2D eigenvalue weighted by molar-refractivity contribution is -0.125. The molecule has 116 valence electrons. The highest BCUT2D eigenvalue weighted by atomic mass is 19.1. The van der Waals surface area contributed by atoms with Crippen LogP contribution in [0.1, 0.15) is 30.4 Å². The van der Waals surface area contributed by atoms with Crippen LogP contribution in [0.3, 0.4) is 0 Å². The van der Waals surface area contributed by atoms with Crippen LogP contribution in [0.15, 0.2) is 18.2 Å². The van der Waals surface area contributed by atoms with Crippen molar-refractivity contribution in [3.05, 3.63) is 35.1 Å². The Bertz CT molecular complexity index is 504. The number of rotatable bonds is 5. The van der Waals surface area contributed by atoms with Crippen LogP contribution >= 0.6 is 0 Å². The first-order chi connectivity index (χ1) is 9.95. The van der Waals surface area contributed by atoms with Gasteiger partial charge < -0.3 is 16.0 Å². The molecule has 1 amide bonds. The first kappa shape index (κ1) is 15.9. The van der Waals surface area contributed by atoms with Crippen LogP contribution in [0.25, 0.3) is 0 Å². The summed E-state index contributed by atoms with van der Waals surface area (Å²) in [6, 6.07) is 5.15. The number of hydrogen-bond donors (Lipinski definition) is 2. The van der Waals surface area contributed by atoms with Crippen LogP contribution in [-0.2, 0) is 17.9 Å². The second-order valence-electron chi connectivity index (χ2n) is 6.15. The molecule has 0 saturated heterocycles. The van der Waals surface area contributed by atoms with Gasteiger partial charge >= 0.3 is 0 Å². The summed E-state index contributed by atoms with van der Waals surface area (Å²) in [5.41, 5.74) is 7.39. The normalized spacial score (nSPS) is 21.8. The van der Waals surface area contributed by atoms with E-state index in [0.29, 0.717) is 18.7 Å². The average molecular weight is 293 g/mol. The third kappa shape index (κ3) is 4.51. The number of nitrogens with one attached hydrogen (secondary N) is 1. The van der Waals surface area contributed by atoms with E-state index in [4.69, 9.17) is 5.73 Å². The fraction of sp³-hybridized carbons (Fsp3) is 0.562. The predicted octanol–water partition coefficient (Wildman–Crippen LogP) is 1.63. The maximum atomic E-state index is 13.7. The molecule has 21 heavy (non-hydrogen) atoms. The summed E-state index contributed by atoms with van der Waals surface area (Å²) < 4.78 is 13.7. The SMILES string of the molecule is CN(C)Cc1cc(CNC(=O)C2CCC(N)C2)ccc1F. The van der Waals surface area contributed by atoms with E-state index < -0.39 is 0 Å². The molecule has 1 aromatic carbocycles. The van der Waals surface area contributed by atoms with Crippen LogP contribution in [0.5, 0.6) is 0 Å². The Morgan fingerprint density at radius 2 is 2.19 bits per heavy atom. The predicted molar refractivity (Wildman–Crippen MR) is 81.0 cm³/mol. The molecule has 2 atom stereocenters. The van der Waals surface area contributed by atoms with Gasteiger partial charge in [0.25, 0.3) is 0 Å². The molecule has 0 spiro atoms. The van der Waals surface area contributed by atoms with Crippen molar-refractivity contribution in [2.24, 2.45) is 11.7 Å². The van der Waals surface area contributed by atoms with Gasteiger partial charge in [0.1, 0.15) is 5.82 Å². The molecule has 3 N–H and O–H groups in total. The fourth-order valence-electron chi connectivity index (χ4n) is 2.79. The zero-order valence-corrected chi connectivity index (χ0v) is 12.7. The first-order valence-electron chi connectivity index (χ1n) is 7.41. The van der Waals surface area contributed by atoms with Crippen LogP contribution < -0.4 is 11.1 Å². The van der Waals surface area contributed by atoms with E-state index >= 15 is 0 Å². The number of halogens is 1. The van der Waals surface area contributed by atoms with Crippen molar-refractivity contribution < 1.29 is 9.18 Å². The van der Waals surface area contributed by atoms with E-state index in [9.17, 15) is 9.18 Å². The second kappa shape index (κ2) is 7.00. The van der Waals surface area contributed by atoms with Gasteiger partial charge in [-0.25, -0.2) is 4.39 Å². The molecule has 0 heterocycles. The van der Waals surface area contributed by atoms with E-state index in [2.05, 4.69) is 5.32 Å². The minimum Gasteiger partial charge on any atom is -0.352 e. The summed E-state index contributed by atoms with van der Waals surface area (Å²) in [5, 5.41) is 2.93. The maximum absolute atomic E-state index is 13.7. The highest BCUT2D eigenvalue weighted by Crippen LogP contribution is 2.24. The largest absolute Gasteiger partial charge is 0.352 e. The molecular weight excluding hydrogens is 269 g/mol. The lowest BCUT2D eigenvalue weighted by Crippen LogP contribution is -2.30. The van der Waals surface area contributed by atoms with Gasteiger partial charge in [0.05, 0.1) is 0 Å². The third-order valence-corrected chi connectivity index (χ3v) is 3.91. The lowest BCUT2D eigenvalue weighted by atomic mass is 10.1. The molecule has 0 aromatic heterocycles. The molecule has 2 unspecified atom stereocenters. The summed E-state index contributed by atoms with van der Waals surface area (Å²) in [5.74, 6) is -0.122. The molecule has 1 fully saturated rings. The van der Waals surface area contributed by atoms with Crippen molar-refractivity contribution in [2.45, 2.75) is 38.4 Å². The Morgan fingerprint density at radius 1 is 1.43 bits per heavy atom. The molecule has 0 aliphatic heterocycles. The number of amides is 1. The van der Waals surface area contributed by atoms with Crippen molar-refractivity contribution in [1.29, 1.82) is 0 Å². The third-order valence-electron chi connectivity index (χ3n) is 3.91. The number of hydrogen-bond acceptors (Lipinski definition) is 3. The Hall–Kier alpha value is -1.46. The molecule has 4 nitrogen and oxygen atoms in total. The van der Waals surface area contributed by atoms with Gasteiger partial charge in [-0.15, -0.1) is 0 Å². The molecule has 5 heteroatoms. The van der Waals surface area contributed by atoms with E-state index in [1.807, 2.05) is 25.1 Å². The zero-order valence-electron chi connectivity index (χ0n) is 12.7. The molecule has 1 aliphatic carbocycles. The summed E-state index contributed by atoms with van der Waals surface area (Å²) in [6.07, 6.45) is 2.55. The molecule has 0 radical (unpaired) electrons. The summed E-state index contributed by atoms with van der Waals surface area (Å²) in [7, 11) is 3.80. The topological polar surface area (TPSA) is 58.4 Å². The number of carbonyl (C=O) groups excluding carboxylic acids is 1. The number of nitrogens with zero attached hydrogens (tertiary/aromatic N) is 1. The highest BCUT2D eigenvalue weighted by molar-refractivity contribution is 5.79. The van der Waals surface area contributed by atoms with Gasteiger partial charge in [0.15, 0.2) is 0 Å². The summed E-state index contributed by atoms with van der Waals surface area (Å²) in [6.45, 7) is 0.983. The van der Waals surface area contributed by atoms with Crippen molar-refractivity contribution in [2.75, 3.05) is 14.1 Å². The quantitative estimate of drug-likeness (QED) is 0.867. The molecule has 1 aliphatic rings. The van der Waals surface area contributed by atoms with Crippen molar-refractivity contribution in [1.82, 2.24) is 10.2 Å². The Kier molecular flexibility index (Phi) is 5.31. The van der Waals surface area contributed by atoms with Gasteiger partial charge in [-0.2, -0.15) is 0 Å². The van der Waals surface area contributed by atoms with E-state index in [0.717, 1.165) is 24.8 Å². The number of nitrogens with two attached hydrogens (primary N) is 1. The molecule has 0 bridgehead atoms. The van der Waals surface area contributed by atoms with E-state index in [-0.39, 0.29) is 23.7 Å². The molecule has 2 rings (SSSR count). The minimum atomic E-state index is -0.208. The zero-order chi connectivity index (χ0) is 15.4. The summed E-state index contributed by atoms with van der Waals surface area (Å²) in [4.78, 5) is 14.0. The number of carbonyl (C=O) groups is 1. The Morgan fingerprint density at radius 3 is 2.81 bits per heavy atom. The number of benzene rings is 1. The van der Waals surface area contributed by atoms with Crippen LogP contribution in [0.2, 0.25) is 0 Å². The monoisotopic (exact) mass is 293 g/mol. The Balaban J connectivity index is 1.92. The fourth-order valence-corrected chi connectivity index (χ4v) is 2.79. The highest BCUT2D eigenvalue weighted by Gasteiger charge is 2.27. The van der Waals surface area contributed by atoms with Crippen molar-refractivity contribution in [3.63, 3.8) is 0 Å². The summed E-state index contributed by atoms with van der Waals surface area (Å²) >= 11 is 0. The second-order valence-corrected chi connectivity index (χ2v) is 6.15. The smallest absolute Gasteiger partial charge is 0.223 e. The first-order valence-corrected chi connectivity index (χ1v) is 7.41. The molecule has 1 aromatic rings. The van der Waals surface area contributed by atoms with E-state index in [1.165, 1.54) is 6.07 Å². The maximum Gasteiger partial charge on any atom is 0.223 e. The van der Waals surface area contributed by atoms with E-state index in [1.54, 1.807) is 6.07 Å². The Labute approximate surface area is 125 Å². The van der Waals surface area contributed by atoms with Gasteiger partial charge in [0.2, 0.25) is 5.91 Å². The van der Waals surface area contributed by atoms with Crippen LogP contribution in [0.4, 0.5) is 4.39 Å². The van der Waals surface area contributed by atoms with Gasteiger partial charge in [-0.1, -0.05) is 6.07 Å².